The molecule has 4 nitrogen and oxygen atoms in total. The fraction of sp³-hybridized carbons (Fsp3) is 0.214. The second kappa shape index (κ2) is 6.36. The first kappa shape index (κ1) is 12.1. The highest BCUT2D eigenvalue weighted by Crippen LogP contribution is 2.04. The average Bonchev–Trinajstić information content (AvgIpc) is 2.45. The van der Waals surface area contributed by atoms with Crippen LogP contribution in [-0.4, -0.2) is 16.5 Å². The summed E-state index contributed by atoms with van der Waals surface area (Å²) in [5.41, 5.74) is 1.68. The molecule has 0 aliphatic heterocycles. The van der Waals surface area contributed by atoms with Crippen molar-refractivity contribution < 1.29 is 0 Å². The average molecular weight is 238 g/mol. The Kier molecular flexibility index (Phi) is 4.26. The summed E-state index contributed by atoms with van der Waals surface area (Å²) in [6.45, 7) is 0.843. The lowest BCUT2D eigenvalue weighted by molar-refractivity contribution is 0.857. The van der Waals surface area contributed by atoms with Gasteiger partial charge in [0.25, 0.3) is 0 Å². The van der Waals surface area contributed by atoms with Crippen molar-refractivity contribution in [2.45, 2.75) is 12.8 Å². The number of aromatic nitrogens is 2. The van der Waals surface area contributed by atoms with Gasteiger partial charge in [-0.25, -0.2) is 9.97 Å². The Bertz CT molecular complexity index is 514. The topological polar surface area (TPSA) is 61.6 Å². The molecule has 0 atom stereocenters. The SMILES string of the molecule is N#Cc1cnc(NCCCc2ccccc2)cn1. The summed E-state index contributed by atoms with van der Waals surface area (Å²) in [7, 11) is 0. The molecule has 1 N–H and O–H groups in total. The molecule has 0 amide bonds. The third-order valence-corrected chi connectivity index (χ3v) is 2.56. The van der Waals surface area contributed by atoms with E-state index in [9.17, 15) is 0 Å². The third-order valence-electron chi connectivity index (χ3n) is 2.56. The van der Waals surface area contributed by atoms with E-state index < -0.39 is 0 Å². The van der Waals surface area contributed by atoms with Crippen molar-refractivity contribution >= 4 is 5.82 Å². The van der Waals surface area contributed by atoms with Crippen molar-refractivity contribution in [3.8, 4) is 6.07 Å². The Labute approximate surface area is 106 Å². The predicted octanol–water partition coefficient (Wildman–Crippen LogP) is 2.39. The van der Waals surface area contributed by atoms with Gasteiger partial charge >= 0.3 is 0 Å². The minimum atomic E-state index is 0.338. The van der Waals surface area contributed by atoms with E-state index in [-0.39, 0.29) is 0 Å². The number of anilines is 1. The zero-order valence-corrected chi connectivity index (χ0v) is 10.0. The number of rotatable bonds is 5. The maximum atomic E-state index is 8.60. The van der Waals surface area contributed by atoms with Crippen molar-refractivity contribution in [2.75, 3.05) is 11.9 Å². The molecule has 18 heavy (non-hydrogen) atoms. The van der Waals surface area contributed by atoms with Gasteiger partial charge in [0.05, 0.1) is 12.4 Å². The number of aryl methyl sites for hydroxylation is 1. The molecule has 0 fully saturated rings. The molecular formula is C14H14N4. The summed E-state index contributed by atoms with van der Waals surface area (Å²) in [5, 5.41) is 11.8. The predicted molar refractivity (Wildman–Crippen MR) is 70.0 cm³/mol. The lowest BCUT2D eigenvalue weighted by Crippen LogP contribution is -2.05. The Morgan fingerprint density at radius 1 is 1.11 bits per heavy atom. The van der Waals surface area contributed by atoms with Gasteiger partial charge in [-0.3, -0.25) is 0 Å². The molecule has 2 rings (SSSR count). The summed E-state index contributed by atoms with van der Waals surface area (Å²) in [6, 6.07) is 12.3. The van der Waals surface area contributed by atoms with Crippen LogP contribution in [0.3, 0.4) is 0 Å². The molecule has 0 spiro atoms. The Morgan fingerprint density at radius 2 is 1.94 bits per heavy atom. The number of nitrogens with one attached hydrogen (secondary N) is 1. The van der Waals surface area contributed by atoms with Crippen LogP contribution < -0.4 is 5.32 Å². The number of nitrogens with zero attached hydrogens (tertiary/aromatic N) is 3. The molecular weight excluding hydrogens is 224 g/mol. The molecule has 90 valence electrons. The lowest BCUT2D eigenvalue weighted by atomic mass is 10.1. The maximum Gasteiger partial charge on any atom is 0.158 e. The van der Waals surface area contributed by atoms with Crippen LogP contribution in [0.4, 0.5) is 5.82 Å². The monoisotopic (exact) mass is 238 g/mol. The van der Waals surface area contributed by atoms with Crippen LogP contribution in [0.15, 0.2) is 42.7 Å². The second-order valence-electron chi connectivity index (χ2n) is 3.91. The number of benzene rings is 1. The second-order valence-corrected chi connectivity index (χ2v) is 3.91. The van der Waals surface area contributed by atoms with Gasteiger partial charge in [-0.15, -0.1) is 0 Å². The van der Waals surface area contributed by atoms with Gasteiger partial charge in [0.2, 0.25) is 0 Å². The quantitative estimate of drug-likeness (QED) is 0.812. The van der Waals surface area contributed by atoms with Crippen LogP contribution in [-0.2, 0) is 6.42 Å². The highest BCUT2D eigenvalue weighted by molar-refractivity contribution is 5.32. The number of hydrogen-bond donors (Lipinski definition) is 1. The Balaban J connectivity index is 1.74. The largest absolute Gasteiger partial charge is 0.369 e. The van der Waals surface area contributed by atoms with Crippen molar-refractivity contribution in [1.29, 1.82) is 5.26 Å². The molecule has 1 aromatic carbocycles. The van der Waals surface area contributed by atoms with E-state index in [1.54, 1.807) is 6.20 Å². The van der Waals surface area contributed by atoms with Gasteiger partial charge in [-0.05, 0) is 18.4 Å². The zero-order valence-electron chi connectivity index (χ0n) is 10.0. The molecule has 1 heterocycles. The molecule has 1 aromatic heterocycles. The molecule has 0 saturated carbocycles. The van der Waals surface area contributed by atoms with Crippen LogP contribution >= 0.6 is 0 Å². The normalized spacial score (nSPS) is 9.72. The molecule has 4 heteroatoms. The minimum absolute atomic E-state index is 0.338. The van der Waals surface area contributed by atoms with Crippen LogP contribution in [0, 0.1) is 11.3 Å². The first-order valence-electron chi connectivity index (χ1n) is 5.88. The van der Waals surface area contributed by atoms with Gasteiger partial charge in [0.15, 0.2) is 5.69 Å². The van der Waals surface area contributed by atoms with Crippen molar-refractivity contribution in [2.24, 2.45) is 0 Å². The van der Waals surface area contributed by atoms with E-state index in [2.05, 4.69) is 39.6 Å². The first-order valence-corrected chi connectivity index (χ1v) is 5.88. The smallest absolute Gasteiger partial charge is 0.158 e. The summed E-state index contributed by atoms with van der Waals surface area (Å²) < 4.78 is 0. The summed E-state index contributed by atoms with van der Waals surface area (Å²) in [4.78, 5) is 8.05. The number of nitriles is 1. The molecule has 0 bridgehead atoms. The highest BCUT2D eigenvalue weighted by Gasteiger charge is 1.96. The molecule has 0 saturated heterocycles. The summed E-state index contributed by atoms with van der Waals surface area (Å²) in [6.07, 6.45) is 5.13. The van der Waals surface area contributed by atoms with Crippen LogP contribution in [0.2, 0.25) is 0 Å². The van der Waals surface area contributed by atoms with E-state index in [1.165, 1.54) is 11.8 Å². The summed E-state index contributed by atoms with van der Waals surface area (Å²) >= 11 is 0. The van der Waals surface area contributed by atoms with E-state index in [0.29, 0.717) is 11.5 Å². The van der Waals surface area contributed by atoms with E-state index in [1.807, 2.05) is 12.1 Å². The Hall–Kier alpha value is -2.41. The molecule has 0 radical (unpaired) electrons. The molecule has 2 aromatic rings. The molecule has 0 aliphatic rings. The van der Waals surface area contributed by atoms with Crippen LogP contribution in [0.5, 0.6) is 0 Å². The van der Waals surface area contributed by atoms with Crippen molar-refractivity contribution in [3.05, 3.63) is 54.0 Å². The van der Waals surface area contributed by atoms with E-state index in [0.717, 1.165) is 19.4 Å². The van der Waals surface area contributed by atoms with E-state index in [4.69, 9.17) is 5.26 Å². The lowest BCUT2D eigenvalue weighted by Gasteiger charge is -2.04. The third kappa shape index (κ3) is 3.56. The van der Waals surface area contributed by atoms with Crippen molar-refractivity contribution in [3.63, 3.8) is 0 Å². The molecule has 0 unspecified atom stereocenters. The van der Waals surface area contributed by atoms with Crippen LogP contribution in [0.1, 0.15) is 17.7 Å². The van der Waals surface area contributed by atoms with Gasteiger partial charge in [0.1, 0.15) is 11.9 Å². The number of hydrogen-bond acceptors (Lipinski definition) is 4. The van der Waals surface area contributed by atoms with Crippen LogP contribution in [0.25, 0.3) is 0 Å². The summed E-state index contributed by atoms with van der Waals surface area (Å²) in [5.74, 6) is 0.710. The molecule has 0 aliphatic carbocycles. The van der Waals surface area contributed by atoms with Gasteiger partial charge in [-0.2, -0.15) is 5.26 Å². The van der Waals surface area contributed by atoms with Gasteiger partial charge < -0.3 is 5.32 Å². The standard InChI is InChI=1S/C14H14N4/c15-9-13-10-18-14(11-17-13)16-8-4-7-12-5-2-1-3-6-12/h1-3,5-6,10-11H,4,7-8H2,(H,16,18). The first-order chi connectivity index (χ1) is 8.88. The maximum absolute atomic E-state index is 8.60. The van der Waals surface area contributed by atoms with Gasteiger partial charge in [0, 0.05) is 6.54 Å². The van der Waals surface area contributed by atoms with Gasteiger partial charge in [-0.1, -0.05) is 30.3 Å². The minimum Gasteiger partial charge on any atom is -0.369 e. The fourth-order valence-electron chi connectivity index (χ4n) is 1.63. The fourth-order valence-corrected chi connectivity index (χ4v) is 1.63. The van der Waals surface area contributed by atoms with E-state index >= 15 is 0 Å². The zero-order chi connectivity index (χ0) is 12.6. The Morgan fingerprint density at radius 3 is 2.61 bits per heavy atom. The van der Waals surface area contributed by atoms with Crippen molar-refractivity contribution in [1.82, 2.24) is 9.97 Å². The highest BCUT2D eigenvalue weighted by atomic mass is 15.0.